The van der Waals surface area contributed by atoms with E-state index in [1.54, 1.807) is 24.3 Å². The quantitative estimate of drug-likeness (QED) is 0.260. The Kier molecular flexibility index (Phi) is 5.45. The summed E-state index contributed by atoms with van der Waals surface area (Å²) in [6.07, 6.45) is 2.46. The number of oxime groups is 1. The van der Waals surface area contributed by atoms with Gasteiger partial charge in [-0.2, -0.15) is 5.10 Å². The van der Waals surface area contributed by atoms with Gasteiger partial charge in [0.25, 0.3) is 0 Å². The van der Waals surface area contributed by atoms with Gasteiger partial charge in [0, 0.05) is 11.4 Å². The van der Waals surface area contributed by atoms with Crippen molar-refractivity contribution < 1.29 is 9.23 Å². The normalized spacial score (nSPS) is 13.0. The molecule has 1 aromatic carbocycles. The molecule has 7 heteroatoms. The third kappa shape index (κ3) is 3.88. The lowest BCUT2D eigenvalue weighted by Gasteiger charge is -2.12. The van der Waals surface area contributed by atoms with Crippen LogP contribution >= 0.6 is 11.6 Å². The van der Waals surface area contributed by atoms with Crippen molar-refractivity contribution in [1.29, 1.82) is 0 Å². The van der Waals surface area contributed by atoms with Gasteiger partial charge in [0.1, 0.15) is 25.0 Å². The van der Waals surface area contributed by atoms with E-state index < -0.39 is 6.30 Å². The van der Waals surface area contributed by atoms with Gasteiger partial charge < -0.3 is 4.84 Å². The summed E-state index contributed by atoms with van der Waals surface area (Å²) in [5.41, 5.74) is 1.61. The van der Waals surface area contributed by atoms with Gasteiger partial charge in [0.15, 0.2) is 0 Å². The van der Waals surface area contributed by atoms with E-state index in [1.807, 2.05) is 0 Å². The van der Waals surface area contributed by atoms with E-state index in [0.717, 1.165) is 10.2 Å². The molecule has 0 N–H and O–H groups in total. The highest BCUT2D eigenvalue weighted by molar-refractivity contribution is 6.17. The molecule has 0 spiro atoms. The second-order valence-corrected chi connectivity index (χ2v) is 4.37. The van der Waals surface area contributed by atoms with E-state index in [9.17, 15) is 4.39 Å². The predicted octanol–water partition coefficient (Wildman–Crippen LogP) is 3.09. The van der Waals surface area contributed by atoms with Crippen molar-refractivity contribution in [2.75, 3.05) is 6.61 Å². The molecule has 21 heavy (non-hydrogen) atoms. The minimum atomic E-state index is -1.60. The van der Waals surface area contributed by atoms with Crippen LogP contribution in [0, 0.1) is 0 Å². The lowest BCUT2D eigenvalue weighted by Crippen LogP contribution is -2.17. The van der Waals surface area contributed by atoms with E-state index in [-0.39, 0.29) is 12.3 Å². The van der Waals surface area contributed by atoms with E-state index >= 15 is 0 Å². The first kappa shape index (κ1) is 15.2. The first-order chi connectivity index (χ1) is 10.3. The smallest absolute Gasteiger partial charge is 0.239 e. The molecule has 5 nitrogen and oxygen atoms in total. The summed E-state index contributed by atoms with van der Waals surface area (Å²) in [5.74, 6) is 0.391. The molecule has 0 saturated carbocycles. The van der Waals surface area contributed by atoms with Crippen LogP contribution in [0.4, 0.5) is 4.39 Å². The third-order valence-electron chi connectivity index (χ3n) is 2.65. The van der Waals surface area contributed by atoms with Crippen molar-refractivity contribution in [2.45, 2.75) is 12.2 Å². The molecule has 0 aliphatic heterocycles. The fraction of sp³-hybridized carbons (Fsp3) is 0.214. The Labute approximate surface area is 126 Å². The lowest BCUT2D eigenvalue weighted by molar-refractivity contribution is 0.168. The molecule has 0 aliphatic rings. The molecule has 110 valence electrons. The Morgan fingerprint density at radius 1 is 1.48 bits per heavy atom. The van der Waals surface area contributed by atoms with Gasteiger partial charge >= 0.3 is 0 Å². The maximum atomic E-state index is 14.5. The summed E-state index contributed by atoms with van der Waals surface area (Å²) in [6.45, 7) is 3.71. The van der Waals surface area contributed by atoms with E-state index in [2.05, 4.69) is 21.8 Å². The largest absolute Gasteiger partial charge is 0.391 e. The first-order valence-electron chi connectivity index (χ1n) is 6.20. The van der Waals surface area contributed by atoms with Crippen LogP contribution in [0.2, 0.25) is 0 Å². The molecule has 2 rings (SSSR count). The number of benzene rings is 1. The zero-order valence-electron chi connectivity index (χ0n) is 11.2. The molecule has 2 aromatic rings. The molecule has 0 radical (unpaired) electrons. The molecular weight excluding hydrogens is 295 g/mol. The molecule has 0 bridgehead atoms. The summed E-state index contributed by atoms with van der Waals surface area (Å²) < 4.78 is 15.6. The lowest BCUT2D eigenvalue weighted by atomic mass is 10.1. The van der Waals surface area contributed by atoms with Crippen molar-refractivity contribution in [2.24, 2.45) is 5.16 Å². The van der Waals surface area contributed by atoms with Crippen LogP contribution in [0.15, 0.2) is 54.7 Å². The summed E-state index contributed by atoms with van der Waals surface area (Å²) in [5, 5.41) is 7.62. The molecule has 0 aliphatic carbocycles. The Hall–Kier alpha value is -2.21. The van der Waals surface area contributed by atoms with E-state index in [0.29, 0.717) is 11.4 Å². The highest BCUT2D eigenvalue weighted by Gasteiger charge is 2.20. The van der Waals surface area contributed by atoms with Crippen LogP contribution in [0.1, 0.15) is 17.4 Å². The number of nitrogens with zero attached hydrogens (tertiary/aromatic N) is 4. The van der Waals surface area contributed by atoms with Gasteiger partial charge in [-0.05, 0) is 5.56 Å². The van der Waals surface area contributed by atoms with Gasteiger partial charge in [-0.25, -0.2) is 14.1 Å². The fourth-order valence-electron chi connectivity index (χ4n) is 1.62. The van der Waals surface area contributed by atoms with E-state index in [1.165, 1.54) is 18.7 Å². The molecule has 0 fully saturated rings. The van der Waals surface area contributed by atoms with Gasteiger partial charge in [-0.15, -0.1) is 11.6 Å². The molecule has 1 heterocycles. The third-order valence-corrected chi connectivity index (χ3v) is 2.96. The van der Waals surface area contributed by atoms with Crippen LogP contribution in [0.5, 0.6) is 0 Å². The predicted molar refractivity (Wildman–Crippen MR) is 78.9 cm³/mol. The Morgan fingerprint density at radius 3 is 2.81 bits per heavy atom. The minimum absolute atomic E-state index is 0.100. The monoisotopic (exact) mass is 308 g/mol. The second kappa shape index (κ2) is 7.54. The maximum absolute atomic E-state index is 14.5. The summed E-state index contributed by atoms with van der Waals surface area (Å²) in [6, 6.07) is 7.08. The van der Waals surface area contributed by atoms with Crippen LogP contribution in [0.25, 0.3) is 0 Å². The average Bonchev–Trinajstić information content (AvgIpc) is 3.06. The van der Waals surface area contributed by atoms with Crippen molar-refractivity contribution in [3.8, 4) is 0 Å². The molecular formula is C14H14ClFN4O. The van der Waals surface area contributed by atoms with Gasteiger partial charge in [-0.3, -0.25) is 0 Å². The van der Waals surface area contributed by atoms with Crippen LogP contribution in [0.3, 0.4) is 0 Å². The molecule has 0 saturated heterocycles. The van der Waals surface area contributed by atoms with Crippen molar-refractivity contribution in [3.63, 3.8) is 0 Å². The number of hydrogen-bond acceptors (Lipinski definition) is 4. The van der Waals surface area contributed by atoms with Crippen molar-refractivity contribution in [1.82, 2.24) is 14.8 Å². The van der Waals surface area contributed by atoms with E-state index in [4.69, 9.17) is 16.4 Å². The van der Waals surface area contributed by atoms with Crippen molar-refractivity contribution in [3.05, 3.63) is 60.7 Å². The molecule has 1 unspecified atom stereocenters. The maximum Gasteiger partial charge on any atom is 0.239 e. The minimum Gasteiger partial charge on any atom is -0.391 e. The molecule has 1 aromatic heterocycles. The van der Waals surface area contributed by atoms with Crippen LogP contribution < -0.4 is 0 Å². The first-order valence-corrected chi connectivity index (χ1v) is 6.74. The number of halogens is 2. The highest BCUT2D eigenvalue weighted by atomic mass is 35.5. The molecule has 1 atom stereocenters. The highest BCUT2D eigenvalue weighted by Crippen LogP contribution is 2.17. The van der Waals surface area contributed by atoms with Crippen LogP contribution in [-0.2, 0) is 10.7 Å². The zero-order chi connectivity index (χ0) is 15.1. The van der Waals surface area contributed by atoms with Gasteiger partial charge in [0.05, 0.1) is 0 Å². The second-order valence-electron chi connectivity index (χ2n) is 4.10. The summed E-state index contributed by atoms with van der Waals surface area (Å²) in [7, 11) is 0. The standard InChI is InChI=1S/C14H14ClFN4O/c1-2-7-21-19-13(14(16)20-10-17-9-18-20)12-5-3-11(8-15)4-6-12/h2-6,9-10,14H,1,7-8H2. The zero-order valence-corrected chi connectivity index (χ0v) is 11.9. The Bertz CT molecular complexity index is 598. The number of alkyl halides is 2. The summed E-state index contributed by atoms with van der Waals surface area (Å²) >= 11 is 5.74. The van der Waals surface area contributed by atoms with Gasteiger partial charge in [-0.1, -0.05) is 42.1 Å². The topological polar surface area (TPSA) is 52.3 Å². The SMILES string of the molecule is C=CCON=C(c1ccc(CCl)cc1)C(F)n1cncn1. The number of rotatable bonds is 7. The number of aromatic nitrogens is 3. The fourth-order valence-corrected chi connectivity index (χ4v) is 1.80. The van der Waals surface area contributed by atoms with Crippen LogP contribution in [-0.4, -0.2) is 27.1 Å². The Morgan fingerprint density at radius 2 is 2.24 bits per heavy atom. The van der Waals surface area contributed by atoms with Gasteiger partial charge in [0.2, 0.25) is 6.30 Å². The molecule has 0 amide bonds. The van der Waals surface area contributed by atoms with Crippen molar-refractivity contribution >= 4 is 17.3 Å². The average molecular weight is 309 g/mol. The Balaban J connectivity index is 2.30. The number of hydrogen-bond donors (Lipinski definition) is 0. The summed E-state index contributed by atoms with van der Waals surface area (Å²) in [4.78, 5) is 8.74.